The van der Waals surface area contributed by atoms with Crippen molar-refractivity contribution >= 4 is 10.0 Å². The lowest BCUT2D eigenvalue weighted by molar-refractivity contribution is -0.157. The molecule has 1 atom stereocenters. The zero-order valence-corrected chi connectivity index (χ0v) is 16.6. The van der Waals surface area contributed by atoms with Crippen LogP contribution in [0.2, 0.25) is 0 Å². The second kappa shape index (κ2) is 7.14. The predicted molar refractivity (Wildman–Crippen MR) is 95.2 cm³/mol. The topological polar surface area (TPSA) is 76.3 Å². The Hall–Kier alpha value is -1.94. The minimum absolute atomic E-state index is 0.00282. The Morgan fingerprint density at radius 3 is 2.29 bits per heavy atom. The molecule has 3 rings (SSSR count). The molecule has 1 aromatic heterocycles. The third-order valence-electron chi connectivity index (χ3n) is 4.77. The van der Waals surface area contributed by atoms with Gasteiger partial charge in [0.15, 0.2) is 0 Å². The molecule has 28 heavy (non-hydrogen) atoms. The van der Waals surface area contributed by atoms with Crippen LogP contribution in [0.5, 0.6) is 0 Å². The summed E-state index contributed by atoms with van der Waals surface area (Å²) in [6.45, 7) is 6.39. The third kappa shape index (κ3) is 4.22. The Labute approximate surface area is 161 Å². The van der Waals surface area contributed by atoms with E-state index in [1.54, 1.807) is 24.3 Å². The van der Waals surface area contributed by atoms with E-state index < -0.39 is 28.0 Å². The number of halogens is 3. The van der Waals surface area contributed by atoms with Crippen LogP contribution in [0.1, 0.15) is 56.9 Å². The van der Waals surface area contributed by atoms with E-state index in [2.05, 4.69) is 10.2 Å². The Morgan fingerprint density at radius 2 is 1.75 bits per heavy atom. The average Bonchev–Trinajstić information content (AvgIpc) is 3.12. The number of benzene rings is 1. The number of piperidine rings is 1. The molecule has 10 heteroatoms. The third-order valence-corrected chi connectivity index (χ3v) is 6.65. The van der Waals surface area contributed by atoms with Crippen LogP contribution < -0.4 is 0 Å². The maximum atomic E-state index is 13.0. The smallest absolute Gasteiger partial charge is 0.417 e. The van der Waals surface area contributed by atoms with Crippen LogP contribution in [-0.4, -0.2) is 36.0 Å². The van der Waals surface area contributed by atoms with Crippen molar-refractivity contribution in [3.05, 3.63) is 41.6 Å². The summed E-state index contributed by atoms with van der Waals surface area (Å²) in [4.78, 5) is 0.155. The number of alkyl halides is 3. The summed E-state index contributed by atoms with van der Waals surface area (Å²) in [7, 11) is -3.77. The molecule has 0 radical (unpaired) electrons. The maximum Gasteiger partial charge on any atom is 0.470 e. The second-order valence-electron chi connectivity index (χ2n) is 7.92. The molecule has 1 aromatic carbocycles. The van der Waals surface area contributed by atoms with E-state index in [-0.39, 0.29) is 22.7 Å². The van der Waals surface area contributed by atoms with E-state index in [9.17, 15) is 21.6 Å². The summed E-state index contributed by atoms with van der Waals surface area (Å²) >= 11 is 0. The van der Waals surface area contributed by atoms with Gasteiger partial charge in [0.1, 0.15) is 0 Å². The SMILES string of the molecule is CC(C)(C)c1ccc(S(=O)(=O)N2CCCC(c3nnc(C(F)(F)F)o3)C2)cc1. The van der Waals surface area contributed by atoms with Gasteiger partial charge in [-0.05, 0) is 36.0 Å². The normalized spacial score (nSPS) is 19.7. The number of rotatable bonds is 3. The van der Waals surface area contributed by atoms with Crippen molar-refractivity contribution in [1.29, 1.82) is 0 Å². The van der Waals surface area contributed by atoms with E-state index in [1.807, 2.05) is 20.8 Å². The first-order valence-corrected chi connectivity index (χ1v) is 10.3. The molecule has 1 fully saturated rings. The van der Waals surface area contributed by atoms with Gasteiger partial charge in [-0.3, -0.25) is 0 Å². The van der Waals surface area contributed by atoms with E-state index in [1.165, 1.54) is 4.31 Å². The van der Waals surface area contributed by atoms with Gasteiger partial charge in [-0.25, -0.2) is 8.42 Å². The summed E-state index contributed by atoms with van der Waals surface area (Å²) in [5.41, 5.74) is 0.903. The van der Waals surface area contributed by atoms with Crippen molar-refractivity contribution in [3.63, 3.8) is 0 Å². The molecule has 1 aliphatic rings. The molecule has 1 saturated heterocycles. The minimum Gasteiger partial charge on any atom is -0.417 e. The number of nitrogens with zero attached hydrogens (tertiary/aromatic N) is 3. The highest BCUT2D eigenvalue weighted by Gasteiger charge is 2.40. The fourth-order valence-electron chi connectivity index (χ4n) is 3.15. The lowest BCUT2D eigenvalue weighted by atomic mass is 9.87. The van der Waals surface area contributed by atoms with Gasteiger partial charge in [0.2, 0.25) is 15.9 Å². The highest BCUT2D eigenvalue weighted by molar-refractivity contribution is 7.89. The standard InChI is InChI=1S/C18H22F3N3O3S/c1-17(2,3)13-6-8-14(9-7-13)28(25,26)24-10-4-5-12(11-24)15-22-23-16(27-15)18(19,20)21/h6-9,12H,4-5,10-11H2,1-3H3. The molecule has 2 heterocycles. The number of sulfonamides is 1. The molecule has 6 nitrogen and oxygen atoms in total. The van der Waals surface area contributed by atoms with Gasteiger partial charge in [0, 0.05) is 13.1 Å². The number of aromatic nitrogens is 2. The van der Waals surface area contributed by atoms with Gasteiger partial charge >= 0.3 is 12.1 Å². The molecule has 154 valence electrons. The van der Waals surface area contributed by atoms with Gasteiger partial charge in [0.05, 0.1) is 10.8 Å². The first-order chi connectivity index (χ1) is 12.9. The molecule has 0 aliphatic carbocycles. The number of hydrogen-bond acceptors (Lipinski definition) is 5. The lowest BCUT2D eigenvalue weighted by Crippen LogP contribution is -2.39. The summed E-state index contributed by atoms with van der Waals surface area (Å²) in [5, 5.41) is 6.51. The van der Waals surface area contributed by atoms with E-state index >= 15 is 0 Å². The van der Waals surface area contributed by atoms with Gasteiger partial charge in [-0.1, -0.05) is 32.9 Å². The zero-order chi connectivity index (χ0) is 20.7. The van der Waals surface area contributed by atoms with Gasteiger partial charge in [-0.15, -0.1) is 10.2 Å². The Morgan fingerprint density at radius 1 is 1.11 bits per heavy atom. The fourth-order valence-corrected chi connectivity index (χ4v) is 4.68. The lowest BCUT2D eigenvalue weighted by Gasteiger charge is -2.30. The van der Waals surface area contributed by atoms with Crippen LogP contribution in [0.4, 0.5) is 13.2 Å². The highest BCUT2D eigenvalue weighted by Crippen LogP contribution is 2.33. The van der Waals surface area contributed by atoms with Crippen LogP contribution in [0.15, 0.2) is 33.6 Å². The van der Waals surface area contributed by atoms with E-state index in [0.717, 1.165) is 5.56 Å². The van der Waals surface area contributed by atoms with Crippen molar-refractivity contribution in [2.24, 2.45) is 0 Å². The number of hydrogen-bond donors (Lipinski definition) is 0. The van der Waals surface area contributed by atoms with Crippen LogP contribution in [0, 0.1) is 0 Å². The Kier molecular flexibility index (Phi) is 5.30. The Bertz CT molecular complexity index is 931. The van der Waals surface area contributed by atoms with Crippen LogP contribution in [0.25, 0.3) is 0 Å². The zero-order valence-electron chi connectivity index (χ0n) is 15.8. The second-order valence-corrected chi connectivity index (χ2v) is 9.86. The first-order valence-electron chi connectivity index (χ1n) is 8.90. The van der Waals surface area contributed by atoms with Crippen molar-refractivity contribution in [3.8, 4) is 0 Å². The van der Waals surface area contributed by atoms with Crippen LogP contribution in [0.3, 0.4) is 0 Å². The fraction of sp³-hybridized carbons (Fsp3) is 0.556. The first kappa shape index (κ1) is 20.8. The van der Waals surface area contributed by atoms with Crippen molar-refractivity contribution in [2.75, 3.05) is 13.1 Å². The average molecular weight is 417 g/mol. The largest absolute Gasteiger partial charge is 0.470 e. The monoisotopic (exact) mass is 417 g/mol. The van der Waals surface area contributed by atoms with Crippen LogP contribution in [-0.2, 0) is 21.6 Å². The molecule has 0 spiro atoms. The maximum absolute atomic E-state index is 13.0. The van der Waals surface area contributed by atoms with Gasteiger partial charge in [-0.2, -0.15) is 17.5 Å². The van der Waals surface area contributed by atoms with Gasteiger partial charge in [0.25, 0.3) is 0 Å². The summed E-state index contributed by atoms with van der Waals surface area (Å²) in [5.74, 6) is -2.17. The Balaban J connectivity index is 1.80. The van der Waals surface area contributed by atoms with Gasteiger partial charge < -0.3 is 4.42 Å². The molecule has 1 unspecified atom stereocenters. The molecule has 2 aromatic rings. The van der Waals surface area contributed by atoms with Crippen molar-refractivity contribution in [1.82, 2.24) is 14.5 Å². The predicted octanol–water partition coefficient (Wildman–Crippen LogP) is 3.95. The molecule has 1 aliphatic heterocycles. The quantitative estimate of drug-likeness (QED) is 0.756. The van der Waals surface area contributed by atoms with E-state index in [0.29, 0.717) is 19.4 Å². The molecular weight excluding hydrogens is 395 g/mol. The van der Waals surface area contributed by atoms with Crippen molar-refractivity contribution in [2.45, 2.75) is 56.0 Å². The molecule has 0 N–H and O–H groups in total. The highest BCUT2D eigenvalue weighted by atomic mass is 32.2. The molecule has 0 saturated carbocycles. The molecule has 0 amide bonds. The molecule has 0 bridgehead atoms. The minimum atomic E-state index is -4.72. The molecular formula is C18H22F3N3O3S. The summed E-state index contributed by atoms with van der Waals surface area (Å²) < 4.78 is 70.0. The van der Waals surface area contributed by atoms with Crippen molar-refractivity contribution < 1.29 is 26.0 Å². The van der Waals surface area contributed by atoms with Crippen LogP contribution >= 0.6 is 0 Å². The summed E-state index contributed by atoms with van der Waals surface area (Å²) in [6.07, 6.45) is -3.75. The van der Waals surface area contributed by atoms with E-state index in [4.69, 9.17) is 4.42 Å². The summed E-state index contributed by atoms with van der Waals surface area (Å²) in [6, 6.07) is 6.69.